The van der Waals surface area contributed by atoms with Gasteiger partial charge in [0.25, 0.3) is 5.91 Å². The van der Waals surface area contributed by atoms with Crippen molar-refractivity contribution in [1.82, 2.24) is 10.6 Å². The van der Waals surface area contributed by atoms with Crippen molar-refractivity contribution in [3.63, 3.8) is 0 Å². The summed E-state index contributed by atoms with van der Waals surface area (Å²) in [6.07, 6.45) is -5.90. The van der Waals surface area contributed by atoms with E-state index in [0.29, 0.717) is 5.56 Å². The van der Waals surface area contributed by atoms with E-state index in [2.05, 4.69) is 10.6 Å². The zero-order chi connectivity index (χ0) is 43.2. The quantitative estimate of drug-likeness (QED) is 0.0732. The minimum Gasteiger partial charge on any atom is -0.369 e. The lowest BCUT2D eigenvalue weighted by Gasteiger charge is -2.23. The van der Waals surface area contributed by atoms with E-state index in [0.717, 1.165) is 34.4 Å². The molecule has 310 valence electrons. The van der Waals surface area contributed by atoms with Crippen molar-refractivity contribution in [3.05, 3.63) is 167 Å². The van der Waals surface area contributed by atoms with Gasteiger partial charge in [-0.15, -0.1) is 0 Å². The van der Waals surface area contributed by atoms with Crippen LogP contribution >= 0.6 is 0 Å². The topological polar surface area (TPSA) is 152 Å². The van der Waals surface area contributed by atoms with Crippen molar-refractivity contribution in [1.29, 1.82) is 0 Å². The number of nitrogens with one attached hydrogen (secondary N) is 2. The van der Waals surface area contributed by atoms with E-state index >= 15 is 0 Å². The van der Waals surface area contributed by atoms with Crippen LogP contribution in [0.25, 0.3) is 11.1 Å². The molecule has 5 rings (SSSR count). The summed E-state index contributed by atoms with van der Waals surface area (Å²) in [7, 11) is 0. The Balaban J connectivity index is 1.31. The minimum absolute atomic E-state index is 0.0238. The second-order valence-corrected chi connectivity index (χ2v) is 14.8. The highest BCUT2D eigenvalue weighted by atomic mass is 19.4. The molecule has 0 aliphatic heterocycles. The molecule has 0 fully saturated rings. The number of ketones is 3. The Morgan fingerprint density at radius 3 is 1.70 bits per heavy atom. The van der Waals surface area contributed by atoms with Gasteiger partial charge in [-0.2, -0.15) is 13.2 Å². The second-order valence-electron chi connectivity index (χ2n) is 14.8. The van der Waals surface area contributed by atoms with Crippen molar-refractivity contribution in [3.8, 4) is 11.1 Å². The first-order valence-corrected chi connectivity index (χ1v) is 19.5. The monoisotopic (exact) mass is 817 g/mol. The Morgan fingerprint density at radius 2 is 1.10 bits per heavy atom. The van der Waals surface area contributed by atoms with Gasteiger partial charge in [-0.05, 0) is 59.2 Å². The molecular weight excluding hydrogens is 772 g/mol. The lowest BCUT2D eigenvalue weighted by Crippen LogP contribution is -2.52. The second kappa shape index (κ2) is 20.8. The number of carbonyl (C=O) groups is 6. The van der Waals surface area contributed by atoms with Gasteiger partial charge in [-0.3, -0.25) is 28.8 Å². The van der Waals surface area contributed by atoms with Gasteiger partial charge in [0.2, 0.25) is 17.6 Å². The first-order chi connectivity index (χ1) is 28.7. The summed E-state index contributed by atoms with van der Waals surface area (Å²) in [4.78, 5) is 80.4. The molecule has 9 nitrogen and oxygen atoms in total. The highest BCUT2D eigenvalue weighted by molar-refractivity contribution is 6.38. The molecule has 0 saturated heterocycles. The fourth-order valence-electron chi connectivity index (χ4n) is 7.00. The number of carbonyl (C=O) groups excluding carboxylic acids is 6. The van der Waals surface area contributed by atoms with E-state index in [-0.39, 0.29) is 37.0 Å². The molecule has 0 aliphatic carbocycles. The van der Waals surface area contributed by atoms with Gasteiger partial charge in [0.05, 0.1) is 17.6 Å². The van der Waals surface area contributed by atoms with Crippen LogP contribution in [0.15, 0.2) is 140 Å². The lowest BCUT2D eigenvalue weighted by molar-refractivity contribution is -0.141. The number of halogens is 3. The van der Waals surface area contributed by atoms with Crippen molar-refractivity contribution in [2.24, 2.45) is 17.6 Å². The standard InChI is InChI=1S/C48H46F3N3O6/c1-31(53-46(59)39(26-32-13-5-2-6-14-32)28-40(55)27-33-15-7-3-8-16-33)44(57)47(60)54-42(29-37-19-11-12-20-41(37)48(49,50)51)43(56)30-38(45(52)58)25-34-21-23-36(24-22-34)35-17-9-4-10-18-35/h2-24,31,38-39,42H,25-30H2,1H3,(H2,52,58)(H,53,59)(H,54,60)/t31?,38-,39-,42+/m1/s1. The van der Waals surface area contributed by atoms with Gasteiger partial charge in [0.1, 0.15) is 5.78 Å². The predicted molar refractivity (Wildman–Crippen MR) is 221 cm³/mol. The number of benzene rings is 5. The van der Waals surface area contributed by atoms with Crippen LogP contribution in [0, 0.1) is 11.8 Å². The highest BCUT2D eigenvalue weighted by Gasteiger charge is 2.36. The van der Waals surface area contributed by atoms with Crippen molar-refractivity contribution < 1.29 is 41.9 Å². The molecule has 4 N–H and O–H groups in total. The maximum Gasteiger partial charge on any atom is 0.416 e. The molecule has 5 aromatic rings. The maximum atomic E-state index is 14.1. The van der Waals surface area contributed by atoms with Gasteiger partial charge >= 0.3 is 6.18 Å². The molecule has 0 aromatic heterocycles. The molecule has 4 atom stereocenters. The van der Waals surface area contributed by atoms with Crippen molar-refractivity contribution in [2.75, 3.05) is 0 Å². The molecule has 0 bridgehead atoms. The number of amides is 3. The molecule has 0 heterocycles. The van der Waals surface area contributed by atoms with Crippen LogP contribution in [0.3, 0.4) is 0 Å². The van der Waals surface area contributed by atoms with Crippen molar-refractivity contribution in [2.45, 2.75) is 63.7 Å². The zero-order valence-corrected chi connectivity index (χ0v) is 33.0. The number of hydrogen-bond donors (Lipinski definition) is 3. The van der Waals surface area contributed by atoms with Crippen LogP contribution in [-0.4, -0.2) is 47.2 Å². The number of Topliss-reactive ketones (excluding diaryl/α,β-unsaturated/α-hetero) is 3. The number of primary amides is 1. The molecule has 1 unspecified atom stereocenters. The third-order valence-corrected chi connectivity index (χ3v) is 10.2. The predicted octanol–water partition coefficient (Wildman–Crippen LogP) is 6.84. The smallest absolute Gasteiger partial charge is 0.369 e. The normalized spacial score (nSPS) is 13.3. The Morgan fingerprint density at radius 1 is 0.583 bits per heavy atom. The molecule has 0 radical (unpaired) electrons. The third kappa shape index (κ3) is 12.9. The molecular formula is C48H46F3N3O6. The summed E-state index contributed by atoms with van der Waals surface area (Å²) in [6.45, 7) is 1.26. The van der Waals surface area contributed by atoms with Crippen LogP contribution in [0.2, 0.25) is 0 Å². The Bertz CT molecular complexity index is 2270. The van der Waals surface area contributed by atoms with Crippen molar-refractivity contribution >= 4 is 35.1 Å². The van der Waals surface area contributed by atoms with Gasteiger partial charge in [0.15, 0.2) is 5.78 Å². The van der Waals surface area contributed by atoms with Crippen LogP contribution in [0.1, 0.15) is 47.6 Å². The molecule has 60 heavy (non-hydrogen) atoms. The van der Waals surface area contributed by atoms with Crippen LogP contribution in [0.4, 0.5) is 13.2 Å². The largest absolute Gasteiger partial charge is 0.416 e. The van der Waals surface area contributed by atoms with Gasteiger partial charge in [-0.25, -0.2) is 0 Å². The Kier molecular flexibility index (Phi) is 15.4. The summed E-state index contributed by atoms with van der Waals surface area (Å²) < 4.78 is 42.2. The van der Waals surface area contributed by atoms with E-state index in [1.807, 2.05) is 48.5 Å². The molecule has 3 amide bonds. The first-order valence-electron chi connectivity index (χ1n) is 19.5. The number of hydrogen-bond acceptors (Lipinski definition) is 6. The number of alkyl halides is 3. The molecule has 12 heteroatoms. The number of rotatable bonds is 20. The lowest BCUT2D eigenvalue weighted by atomic mass is 9.88. The fraction of sp³-hybridized carbons (Fsp3) is 0.250. The van der Waals surface area contributed by atoms with Gasteiger partial charge in [0, 0.05) is 37.5 Å². The number of nitrogens with two attached hydrogens (primary N) is 1. The summed E-state index contributed by atoms with van der Waals surface area (Å²) >= 11 is 0. The van der Waals surface area contributed by atoms with E-state index in [4.69, 9.17) is 5.73 Å². The van der Waals surface area contributed by atoms with Crippen LogP contribution in [0.5, 0.6) is 0 Å². The maximum absolute atomic E-state index is 14.1. The molecule has 0 spiro atoms. The minimum atomic E-state index is -4.80. The Labute approximate surface area is 346 Å². The molecule has 5 aromatic carbocycles. The summed E-state index contributed by atoms with van der Waals surface area (Å²) in [6, 6.07) is 36.1. The summed E-state index contributed by atoms with van der Waals surface area (Å²) in [5, 5.41) is 4.82. The van der Waals surface area contributed by atoms with Crippen LogP contribution < -0.4 is 16.4 Å². The third-order valence-electron chi connectivity index (χ3n) is 10.2. The average molecular weight is 818 g/mol. The average Bonchev–Trinajstić information content (AvgIpc) is 3.23. The van der Waals surface area contributed by atoms with E-state index in [9.17, 15) is 41.9 Å². The fourth-order valence-corrected chi connectivity index (χ4v) is 7.00. The SMILES string of the molecule is CC(NC(=O)[C@@H](CC(=O)Cc1ccccc1)Cc1ccccc1)C(=O)C(=O)N[C@@H](Cc1ccccc1C(F)(F)F)C(=O)C[C@@H](Cc1ccc(-c2ccccc2)cc1)C(N)=O. The first kappa shape index (κ1) is 44.4. The highest BCUT2D eigenvalue weighted by Crippen LogP contribution is 2.33. The van der Waals surface area contributed by atoms with Crippen LogP contribution in [-0.2, 0) is 60.6 Å². The zero-order valence-electron chi connectivity index (χ0n) is 33.0. The Hall–Kier alpha value is -6.69. The van der Waals surface area contributed by atoms with E-state index < -0.39 is 77.8 Å². The van der Waals surface area contributed by atoms with E-state index in [1.54, 1.807) is 66.7 Å². The summed E-state index contributed by atoms with van der Waals surface area (Å²) in [5.41, 5.74) is 8.43. The van der Waals surface area contributed by atoms with Gasteiger partial charge < -0.3 is 16.4 Å². The van der Waals surface area contributed by atoms with E-state index in [1.165, 1.54) is 19.1 Å². The molecule has 0 saturated carbocycles. The summed E-state index contributed by atoms with van der Waals surface area (Å²) in [5.74, 6) is -7.06. The van der Waals surface area contributed by atoms with Gasteiger partial charge in [-0.1, -0.05) is 133 Å². The molecule has 0 aliphatic rings.